The van der Waals surface area contributed by atoms with Gasteiger partial charge in [-0.15, -0.1) is 0 Å². The fourth-order valence-electron chi connectivity index (χ4n) is 3.14. The van der Waals surface area contributed by atoms with E-state index in [1.54, 1.807) is 19.4 Å². The number of aromatic nitrogens is 2. The van der Waals surface area contributed by atoms with Crippen LogP contribution in [0, 0.1) is 17.0 Å². The highest BCUT2D eigenvalue weighted by Crippen LogP contribution is 2.37. The van der Waals surface area contributed by atoms with Gasteiger partial charge in [0, 0.05) is 23.9 Å². The number of nitro benzene ring substituents is 1. The van der Waals surface area contributed by atoms with Crippen molar-refractivity contribution < 1.29 is 14.5 Å². The summed E-state index contributed by atoms with van der Waals surface area (Å²) in [6.07, 6.45) is 1.66. The Morgan fingerprint density at radius 2 is 1.94 bits per heavy atom. The average Bonchev–Trinajstić information content (AvgIpc) is 3.24. The van der Waals surface area contributed by atoms with Crippen molar-refractivity contribution in [2.75, 3.05) is 12.0 Å². The van der Waals surface area contributed by atoms with Gasteiger partial charge in [-0.1, -0.05) is 23.5 Å². The van der Waals surface area contributed by atoms with Crippen molar-refractivity contribution in [1.82, 2.24) is 9.97 Å². The maximum absolute atomic E-state index is 13.4. The fraction of sp³-hybridized carbons (Fsp3) is 0.136. The second kappa shape index (κ2) is 8.49. The Balaban J connectivity index is 1.79. The number of rotatable bonds is 6. The lowest BCUT2D eigenvalue weighted by Crippen LogP contribution is -2.30. The number of amides is 1. The van der Waals surface area contributed by atoms with Crippen LogP contribution in [0.5, 0.6) is 5.75 Å². The number of aryl methyl sites for hydroxylation is 1. The van der Waals surface area contributed by atoms with Crippen LogP contribution in [0.3, 0.4) is 0 Å². The lowest BCUT2D eigenvalue weighted by molar-refractivity contribution is -0.384. The van der Waals surface area contributed by atoms with Gasteiger partial charge in [0.15, 0.2) is 5.13 Å². The van der Waals surface area contributed by atoms with E-state index in [9.17, 15) is 14.9 Å². The van der Waals surface area contributed by atoms with Crippen molar-refractivity contribution in [3.63, 3.8) is 0 Å². The molecule has 0 radical (unpaired) electrons. The number of thiazole rings is 1. The van der Waals surface area contributed by atoms with Crippen LogP contribution in [0.15, 0.2) is 60.8 Å². The topological polar surface area (TPSA) is 98.5 Å². The first kappa shape index (κ1) is 20.4. The van der Waals surface area contributed by atoms with E-state index in [2.05, 4.69) is 4.98 Å². The van der Waals surface area contributed by atoms with E-state index in [0.29, 0.717) is 27.7 Å². The maximum Gasteiger partial charge on any atom is 0.269 e. The molecule has 0 saturated heterocycles. The number of carbonyl (C=O) groups excluding carboxylic acids is 1. The van der Waals surface area contributed by atoms with Crippen LogP contribution in [0.2, 0.25) is 0 Å². The summed E-state index contributed by atoms with van der Waals surface area (Å²) in [5.41, 5.74) is 2.66. The zero-order valence-corrected chi connectivity index (χ0v) is 17.6. The number of pyridine rings is 1. The molecule has 0 N–H and O–H groups in total. The van der Waals surface area contributed by atoms with Gasteiger partial charge in [-0.05, 0) is 42.8 Å². The number of nitrogens with zero attached hydrogens (tertiary/aromatic N) is 4. The van der Waals surface area contributed by atoms with Gasteiger partial charge < -0.3 is 4.74 Å². The quantitative estimate of drug-likeness (QED) is 0.320. The standard InChI is InChI=1S/C22H18N4O4S/c1-14-6-11-18(30-2)19-20(14)31-22(24-19)25(13-16-5-3-4-12-23-16)21(27)15-7-9-17(10-8-15)26(28)29/h3-12H,13H2,1-2H3. The number of hydrogen-bond acceptors (Lipinski definition) is 7. The summed E-state index contributed by atoms with van der Waals surface area (Å²) < 4.78 is 6.37. The number of hydrogen-bond donors (Lipinski definition) is 0. The third kappa shape index (κ3) is 4.08. The molecule has 31 heavy (non-hydrogen) atoms. The summed E-state index contributed by atoms with van der Waals surface area (Å²) >= 11 is 1.39. The van der Waals surface area contributed by atoms with Gasteiger partial charge in [0.05, 0.1) is 29.0 Å². The number of nitro groups is 1. The molecule has 0 fully saturated rings. The van der Waals surface area contributed by atoms with Gasteiger partial charge in [0.1, 0.15) is 11.3 Å². The van der Waals surface area contributed by atoms with E-state index >= 15 is 0 Å². The molecule has 2 aromatic heterocycles. The Bertz CT molecular complexity index is 1260. The maximum atomic E-state index is 13.4. The Hall–Kier alpha value is -3.85. The van der Waals surface area contributed by atoms with Gasteiger partial charge in [-0.3, -0.25) is 24.8 Å². The van der Waals surface area contributed by atoms with Crippen molar-refractivity contribution in [2.24, 2.45) is 0 Å². The largest absolute Gasteiger partial charge is 0.494 e. The summed E-state index contributed by atoms with van der Waals surface area (Å²) in [5, 5.41) is 11.4. The highest BCUT2D eigenvalue weighted by Gasteiger charge is 2.24. The second-order valence-corrected chi connectivity index (χ2v) is 7.75. The van der Waals surface area contributed by atoms with Crippen molar-refractivity contribution in [3.05, 3.63) is 87.7 Å². The molecule has 1 amide bonds. The molecule has 0 bridgehead atoms. The first-order valence-electron chi connectivity index (χ1n) is 9.38. The Labute approximate surface area is 181 Å². The van der Waals surface area contributed by atoms with Gasteiger partial charge in [-0.2, -0.15) is 0 Å². The molecule has 4 aromatic rings. The number of non-ortho nitro benzene ring substituents is 1. The normalized spacial score (nSPS) is 10.8. The molecule has 156 valence electrons. The first-order chi connectivity index (χ1) is 15.0. The van der Waals surface area contributed by atoms with E-state index < -0.39 is 4.92 Å². The summed E-state index contributed by atoms with van der Waals surface area (Å²) in [6, 6.07) is 14.8. The predicted molar refractivity (Wildman–Crippen MR) is 119 cm³/mol. The summed E-state index contributed by atoms with van der Waals surface area (Å²) in [5.74, 6) is 0.305. The number of carbonyl (C=O) groups is 1. The van der Waals surface area contributed by atoms with E-state index in [-0.39, 0.29) is 18.1 Å². The third-order valence-electron chi connectivity index (χ3n) is 4.76. The molecule has 0 atom stereocenters. The van der Waals surface area contributed by atoms with Crippen LogP contribution < -0.4 is 9.64 Å². The molecule has 0 aliphatic heterocycles. The molecule has 2 heterocycles. The van der Waals surface area contributed by atoms with E-state index in [0.717, 1.165) is 10.3 Å². The molecular formula is C22H18N4O4S. The lowest BCUT2D eigenvalue weighted by atomic mass is 10.2. The number of ether oxygens (including phenoxy) is 1. The van der Waals surface area contributed by atoms with Crippen LogP contribution in [-0.2, 0) is 6.54 Å². The van der Waals surface area contributed by atoms with Crippen LogP contribution in [0.25, 0.3) is 10.2 Å². The Morgan fingerprint density at radius 3 is 2.58 bits per heavy atom. The van der Waals surface area contributed by atoms with Crippen molar-refractivity contribution >= 4 is 38.3 Å². The first-order valence-corrected chi connectivity index (χ1v) is 10.2. The number of methoxy groups -OCH3 is 1. The molecule has 0 unspecified atom stereocenters. The fourth-order valence-corrected chi connectivity index (χ4v) is 4.19. The zero-order valence-electron chi connectivity index (χ0n) is 16.8. The molecule has 8 nitrogen and oxygen atoms in total. The van der Waals surface area contributed by atoms with Gasteiger partial charge in [0.2, 0.25) is 0 Å². The average molecular weight is 434 g/mol. The Morgan fingerprint density at radius 1 is 1.16 bits per heavy atom. The van der Waals surface area contributed by atoms with Crippen molar-refractivity contribution in [1.29, 1.82) is 0 Å². The Kier molecular flexibility index (Phi) is 5.59. The molecule has 0 saturated carbocycles. The van der Waals surface area contributed by atoms with Crippen LogP contribution in [0.4, 0.5) is 10.8 Å². The van der Waals surface area contributed by atoms with Gasteiger partial charge in [0.25, 0.3) is 11.6 Å². The summed E-state index contributed by atoms with van der Waals surface area (Å²) in [6.45, 7) is 2.18. The van der Waals surface area contributed by atoms with Gasteiger partial charge >= 0.3 is 0 Å². The number of anilines is 1. The monoisotopic (exact) mass is 434 g/mol. The van der Waals surface area contributed by atoms with Gasteiger partial charge in [-0.25, -0.2) is 4.98 Å². The third-order valence-corrected chi connectivity index (χ3v) is 5.97. The molecule has 0 aliphatic carbocycles. The highest BCUT2D eigenvalue weighted by atomic mass is 32.1. The van der Waals surface area contributed by atoms with Crippen LogP contribution >= 0.6 is 11.3 Å². The predicted octanol–water partition coefficient (Wildman–Crippen LogP) is 4.76. The smallest absolute Gasteiger partial charge is 0.269 e. The molecule has 4 rings (SSSR count). The SMILES string of the molecule is COc1ccc(C)c2sc(N(Cc3ccccn3)C(=O)c3ccc([N+](=O)[O-])cc3)nc12. The lowest BCUT2D eigenvalue weighted by Gasteiger charge is -2.19. The number of benzene rings is 2. The van der Waals surface area contributed by atoms with Crippen LogP contribution in [0.1, 0.15) is 21.6 Å². The molecule has 0 spiro atoms. The zero-order chi connectivity index (χ0) is 22.0. The summed E-state index contributed by atoms with van der Waals surface area (Å²) in [7, 11) is 1.58. The second-order valence-electron chi connectivity index (χ2n) is 6.78. The molecule has 2 aromatic carbocycles. The summed E-state index contributed by atoms with van der Waals surface area (Å²) in [4.78, 5) is 34.4. The molecular weight excluding hydrogens is 416 g/mol. The van der Waals surface area contributed by atoms with E-state index in [1.807, 2.05) is 31.2 Å². The minimum absolute atomic E-state index is 0.0758. The minimum atomic E-state index is -0.498. The number of fused-ring (bicyclic) bond motifs is 1. The van der Waals surface area contributed by atoms with E-state index in [1.165, 1.54) is 40.5 Å². The van der Waals surface area contributed by atoms with E-state index in [4.69, 9.17) is 9.72 Å². The minimum Gasteiger partial charge on any atom is -0.494 e. The van der Waals surface area contributed by atoms with Crippen molar-refractivity contribution in [2.45, 2.75) is 13.5 Å². The molecule has 0 aliphatic rings. The molecule has 9 heteroatoms. The van der Waals surface area contributed by atoms with Crippen molar-refractivity contribution in [3.8, 4) is 5.75 Å². The highest BCUT2D eigenvalue weighted by molar-refractivity contribution is 7.22. The van der Waals surface area contributed by atoms with Crippen LogP contribution in [-0.4, -0.2) is 27.9 Å².